The minimum atomic E-state index is -1.04. The molecule has 1 heterocycles. The Hall–Kier alpha value is -3.72. The fourth-order valence-corrected chi connectivity index (χ4v) is 6.01. The van der Waals surface area contributed by atoms with E-state index in [2.05, 4.69) is 5.32 Å². The van der Waals surface area contributed by atoms with Gasteiger partial charge in [-0.1, -0.05) is 49.6 Å². The summed E-state index contributed by atoms with van der Waals surface area (Å²) in [5.41, 5.74) is 0.974. The Labute approximate surface area is 260 Å². The summed E-state index contributed by atoms with van der Waals surface area (Å²) in [6.07, 6.45) is 5.34. The molecule has 0 unspecified atom stereocenters. The maximum Gasteiger partial charge on any atom is 0.338 e. The lowest BCUT2D eigenvalue weighted by molar-refractivity contribution is -0.138. The van der Waals surface area contributed by atoms with Crippen molar-refractivity contribution in [1.29, 1.82) is 0 Å². The Kier molecular flexibility index (Phi) is 11.2. The van der Waals surface area contributed by atoms with Gasteiger partial charge in [0.05, 0.1) is 17.7 Å². The Bertz CT molecular complexity index is 1320. The van der Waals surface area contributed by atoms with Gasteiger partial charge in [-0.15, -0.1) is 0 Å². The van der Waals surface area contributed by atoms with E-state index in [0.29, 0.717) is 38.0 Å². The van der Waals surface area contributed by atoms with E-state index in [1.165, 1.54) is 6.07 Å². The average molecular weight is 606 g/mol. The number of rotatable bonds is 11. The third-order valence-corrected chi connectivity index (χ3v) is 8.33. The first kappa shape index (κ1) is 33.2. The average Bonchev–Trinajstić information content (AvgIpc) is 3.44. The molecule has 0 radical (unpaired) electrons. The van der Waals surface area contributed by atoms with Crippen LogP contribution in [0.4, 0.5) is 5.69 Å². The number of hydrogen-bond donors (Lipinski definition) is 2. The predicted molar refractivity (Wildman–Crippen MR) is 169 cm³/mol. The van der Waals surface area contributed by atoms with Gasteiger partial charge in [0.25, 0.3) is 5.91 Å². The number of likely N-dealkylation sites (N-methyl/N-ethyl adjacent to an activating group) is 1. The minimum Gasteiger partial charge on any atom is -0.456 e. The van der Waals surface area contributed by atoms with Gasteiger partial charge in [0.2, 0.25) is 11.8 Å². The lowest BCUT2D eigenvalue weighted by Gasteiger charge is -2.33. The zero-order valence-electron chi connectivity index (χ0n) is 26.5. The van der Waals surface area contributed by atoms with Crippen molar-refractivity contribution in [2.75, 3.05) is 24.5 Å². The monoisotopic (exact) mass is 605 g/mol. The third-order valence-electron chi connectivity index (χ3n) is 8.33. The Morgan fingerprint density at radius 1 is 1.02 bits per heavy atom. The molecule has 238 valence electrons. The number of nitrogens with zero attached hydrogens (tertiary/aromatic N) is 2. The molecule has 0 aromatic heterocycles. The molecule has 1 aliphatic heterocycles. The van der Waals surface area contributed by atoms with Crippen molar-refractivity contribution in [2.45, 2.75) is 96.8 Å². The van der Waals surface area contributed by atoms with Gasteiger partial charge < -0.3 is 25.0 Å². The zero-order chi connectivity index (χ0) is 31.9. The van der Waals surface area contributed by atoms with Gasteiger partial charge in [-0.3, -0.25) is 14.4 Å². The molecule has 2 fully saturated rings. The van der Waals surface area contributed by atoms with Crippen LogP contribution in [-0.2, 0) is 20.7 Å². The summed E-state index contributed by atoms with van der Waals surface area (Å²) in [5, 5.41) is 14.5. The SMILES string of the molecule is CCN(C[C@@H](O)[C@H](Cc1ccccc1)NC(=O)c1cc(C(=O)OC(C)(C)C)cc(N2CCCC2=O)c1)C(=O)C1CCCCC1. The highest BCUT2D eigenvalue weighted by molar-refractivity contribution is 6.02. The molecule has 3 amide bonds. The molecule has 2 aliphatic rings. The Balaban J connectivity index is 1.60. The number of ether oxygens (including phenoxy) is 1. The molecule has 0 spiro atoms. The van der Waals surface area contributed by atoms with E-state index in [1.807, 2.05) is 37.3 Å². The van der Waals surface area contributed by atoms with E-state index in [4.69, 9.17) is 4.74 Å². The molecule has 2 aromatic carbocycles. The number of amides is 3. The zero-order valence-corrected chi connectivity index (χ0v) is 26.5. The van der Waals surface area contributed by atoms with Crippen LogP contribution in [0.2, 0.25) is 0 Å². The standard InChI is InChI=1S/C35H47N3O6/c1-5-37(33(42)25-15-10-7-11-16-25)23-30(39)29(19-24-13-8-6-9-14-24)36-32(41)26-20-27(34(43)44-35(2,3)4)22-28(21-26)38-18-12-17-31(38)40/h6,8-9,13-14,20-22,25,29-30,39H,5,7,10-12,15-19,23H2,1-4H3,(H,36,41)/t29-,30+/m0/s1. The number of carbonyl (C=O) groups is 4. The van der Waals surface area contributed by atoms with Crippen molar-refractivity contribution in [3.8, 4) is 0 Å². The van der Waals surface area contributed by atoms with E-state index in [-0.39, 0.29) is 35.4 Å². The van der Waals surface area contributed by atoms with Crippen molar-refractivity contribution in [1.82, 2.24) is 10.2 Å². The molecule has 2 atom stereocenters. The van der Waals surface area contributed by atoms with Crippen molar-refractivity contribution >= 4 is 29.4 Å². The van der Waals surface area contributed by atoms with Crippen molar-refractivity contribution in [2.24, 2.45) is 5.92 Å². The number of aliphatic hydroxyl groups excluding tert-OH is 1. The molecule has 0 bridgehead atoms. The number of esters is 1. The van der Waals surface area contributed by atoms with Crippen molar-refractivity contribution in [3.63, 3.8) is 0 Å². The number of aliphatic hydroxyl groups is 1. The molecule has 44 heavy (non-hydrogen) atoms. The molecular weight excluding hydrogens is 558 g/mol. The van der Waals surface area contributed by atoms with E-state index < -0.39 is 29.6 Å². The van der Waals surface area contributed by atoms with E-state index >= 15 is 0 Å². The van der Waals surface area contributed by atoms with Gasteiger partial charge in [-0.25, -0.2) is 4.79 Å². The molecule has 2 N–H and O–H groups in total. The summed E-state index contributed by atoms with van der Waals surface area (Å²) in [4.78, 5) is 56.1. The van der Waals surface area contributed by atoms with Crippen LogP contribution in [0.15, 0.2) is 48.5 Å². The van der Waals surface area contributed by atoms with Gasteiger partial charge >= 0.3 is 5.97 Å². The molecule has 9 nitrogen and oxygen atoms in total. The van der Waals surface area contributed by atoms with Gasteiger partial charge in [0.1, 0.15) is 5.60 Å². The number of hydrogen-bond acceptors (Lipinski definition) is 6. The lowest BCUT2D eigenvalue weighted by atomic mass is 9.88. The number of nitrogens with one attached hydrogen (secondary N) is 1. The van der Waals surface area contributed by atoms with Gasteiger partial charge in [0.15, 0.2) is 0 Å². The predicted octanol–water partition coefficient (Wildman–Crippen LogP) is 4.90. The molecule has 9 heteroatoms. The first-order valence-electron chi connectivity index (χ1n) is 16.0. The number of carbonyl (C=O) groups excluding carboxylic acids is 4. The van der Waals surface area contributed by atoms with E-state index in [9.17, 15) is 24.3 Å². The van der Waals surface area contributed by atoms with Gasteiger partial charge in [-0.2, -0.15) is 0 Å². The smallest absolute Gasteiger partial charge is 0.338 e. The molecular formula is C35H47N3O6. The summed E-state index contributed by atoms with van der Waals surface area (Å²) in [6, 6.07) is 13.5. The van der Waals surface area contributed by atoms with E-state index in [0.717, 1.165) is 37.7 Å². The second kappa shape index (κ2) is 14.8. The van der Waals surface area contributed by atoms with Crippen LogP contribution < -0.4 is 10.2 Å². The minimum absolute atomic E-state index is 0.0274. The molecule has 4 rings (SSSR count). The topological polar surface area (TPSA) is 116 Å². The Morgan fingerprint density at radius 2 is 1.70 bits per heavy atom. The van der Waals surface area contributed by atoms with Crippen molar-refractivity contribution in [3.05, 3.63) is 65.2 Å². The number of anilines is 1. The van der Waals surface area contributed by atoms with Crippen LogP contribution >= 0.6 is 0 Å². The first-order chi connectivity index (χ1) is 20.9. The second-order valence-electron chi connectivity index (χ2n) is 13.0. The van der Waals surface area contributed by atoms with Crippen LogP contribution in [0, 0.1) is 5.92 Å². The van der Waals surface area contributed by atoms with Gasteiger partial charge in [-0.05, 0) is 77.1 Å². The fourth-order valence-electron chi connectivity index (χ4n) is 6.01. The summed E-state index contributed by atoms with van der Waals surface area (Å²) >= 11 is 0. The highest BCUT2D eigenvalue weighted by Crippen LogP contribution is 2.27. The molecule has 1 saturated heterocycles. The van der Waals surface area contributed by atoms with Crippen LogP contribution in [0.1, 0.15) is 98.9 Å². The normalized spacial score (nSPS) is 17.2. The van der Waals surface area contributed by atoms with E-state index in [1.54, 1.807) is 42.7 Å². The second-order valence-corrected chi connectivity index (χ2v) is 13.0. The summed E-state index contributed by atoms with van der Waals surface area (Å²) in [7, 11) is 0. The van der Waals surface area contributed by atoms with Crippen LogP contribution in [0.5, 0.6) is 0 Å². The molecule has 1 aliphatic carbocycles. The van der Waals surface area contributed by atoms with Crippen LogP contribution in [0.25, 0.3) is 0 Å². The lowest BCUT2D eigenvalue weighted by Crippen LogP contribution is -2.51. The van der Waals surface area contributed by atoms with Crippen LogP contribution in [-0.4, -0.2) is 71.1 Å². The largest absolute Gasteiger partial charge is 0.456 e. The Morgan fingerprint density at radius 3 is 2.32 bits per heavy atom. The molecule has 2 aromatic rings. The fraction of sp³-hybridized carbons (Fsp3) is 0.543. The van der Waals surface area contributed by atoms with Crippen LogP contribution in [0.3, 0.4) is 0 Å². The summed E-state index contributed by atoms with van der Waals surface area (Å²) in [6.45, 7) is 8.25. The van der Waals surface area contributed by atoms with Crippen molar-refractivity contribution < 1.29 is 29.0 Å². The molecule has 1 saturated carbocycles. The quantitative estimate of drug-likeness (QED) is 0.352. The highest BCUT2D eigenvalue weighted by Gasteiger charge is 2.31. The first-order valence-corrected chi connectivity index (χ1v) is 16.0. The summed E-state index contributed by atoms with van der Waals surface area (Å²) in [5.74, 6) is -1.13. The maximum absolute atomic E-state index is 13.8. The third kappa shape index (κ3) is 8.91. The summed E-state index contributed by atoms with van der Waals surface area (Å²) < 4.78 is 5.58. The maximum atomic E-state index is 13.8. The van der Waals surface area contributed by atoms with Gasteiger partial charge in [0, 0.05) is 43.2 Å². The number of benzene rings is 2. The highest BCUT2D eigenvalue weighted by atomic mass is 16.6.